The van der Waals surface area contributed by atoms with Crippen molar-refractivity contribution in [3.8, 4) is 0 Å². The van der Waals surface area contributed by atoms with Gasteiger partial charge in [-0.1, -0.05) is 34.8 Å². The first kappa shape index (κ1) is 19.3. The summed E-state index contributed by atoms with van der Waals surface area (Å²) in [4.78, 5) is 11.5. The lowest BCUT2D eigenvalue weighted by Gasteiger charge is -2.28. The second kappa shape index (κ2) is 7.50. The van der Waals surface area contributed by atoms with Crippen LogP contribution in [-0.2, 0) is 14.8 Å². The zero-order valence-electron chi connectivity index (χ0n) is 12.2. The van der Waals surface area contributed by atoms with Crippen molar-refractivity contribution in [2.75, 3.05) is 4.31 Å². The number of nitrogens with zero attached hydrogens (tertiary/aromatic N) is 1. The van der Waals surface area contributed by atoms with Crippen LogP contribution in [0.15, 0.2) is 47.4 Å². The molecule has 9 heteroatoms. The van der Waals surface area contributed by atoms with Gasteiger partial charge in [0.05, 0.1) is 20.6 Å². The lowest BCUT2D eigenvalue weighted by atomic mass is 10.3. The van der Waals surface area contributed by atoms with Gasteiger partial charge >= 0.3 is 0 Å². The number of carbonyl (C=O) groups excluding carboxylic acids is 1. The minimum atomic E-state index is -4.11. The maximum absolute atomic E-state index is 13.0. The SMILES string of the molecule is CC(C(=O)Cl)N(c1ccc(Cl)cc1)S(=O)(=O)c1ccc(Cl)c(Cl)c1. The summed E-state index contributed by atoms with van der Waals surface area (Å²) in [5.74, 6) is 0. The zero-order chi connectivity index (χ0) is 18.1. The van der Waals surface area contributed by atoms with Crippen molar-refractivity contribution in [2.24, 2.45) is 0 Å². The Morgan fingerprint density at radius 3 is 2.08 bits per heavy atom. The van der Waals surface area contributed by atoms with Gasteiger partial charge in [-0.15, -0.1) is 0 Å². The number of carbonyl (C=O) groups is 1. The van der Waals surface area contributed by atoms with Gasteiger partial charge in [-0.25, -0.2) is 8.42 Å². The van der Waals surface area contributed by atoms with Gasteiger partial charge in [0.1, 0.15) is 6.04 Å². The topological polar surface area (TPSA) is 54.5 Å². The molecule has 1 atom stereocenters. The fraction of sp³-hybridized carbons (Fsp3) is 0.133. The second-order valence-electron chi connectivity index (χ2n) is 4.83. The monoisotopic (exact) mass is 425 g/mol. The van der Waals surface area contributed by atoms with Crippen molar-refractivity contribution >= 4 is 67.4 Å². The summed E-state index contributed by atoms with van der Waals surface area (Å²) in [5.41, 5.74) is 0.243. The van der Waals surface area contributed by atoms with Crippen molar-refractivity contribution in [1.82, 2.24) is 0 Å². The van der Waals surface area contributed by atoms with Gasteiger partial charge in [0.15, 0.2) is 0 Å². The Morgan fingerprint density at radius 2 is 1.58 bits per heavy atom. The van der Waals surface area contributed by atoms with E-state index in [0.29, 0.717) is 5.02 Å². The average Bonchev–Trinajstić information content (AvgIpc) is 2.51. The number of sulfonamides is 1. The van der Waals surface area contributed by atoms with E-state index in [1.807, 2.05) is 0 Å². The Hall–Kier alpha value is -0.980. The van der Waals surface area contributed by atoms with E-state index in [2.05, 4.69) is 0 Å². The van der Waals surface area contributed by atoms with Crippen molar-refractivity contribution in [3.63, 3.8) is 0 Å². The molecule has 2 aromatic rings. The molecule has 0 heterocycles. The Kier molecular flexibility index (Phi) is 6.04. The smallest absolute Gasteiger partial charge is 0.265 e. The van der Waals surface area contributed by atoms with E-state index in [-0.39, 0.29) is 20.6 Å². The number of rotatable bonds is 5. The number of hydrogen-bond donors (Lipinski definition) is 0. The maximum atomic E-state index is 13.0. The first-order valence-electron chi connectivity index (χ1n) is 6.59. The number of benzene rings is 2. The van der Waals surface area contributed by atoms with Crippen LogP contribution in [0.25, 0.3) is 0 Å². The van der Waals surface area contributed by atoms with Gasteiger partial charge in [0.25, 0.3) is 10.0 Å². The fourth-order valence-corrected chi connectivity index (χ4v) is 4.29. The van der Waals surface area contributed by atoms with E-state index in [1.165, 1.54) is 49.4 Å². The van der Waals surface area contributed by atoms with Gasteiger partial charge in [-0.2, -0.15) is 0 Å². The standard InChI is InChI=1S/C15H11Cl4NO3S/c1-9(15(19)21)20(11-4-2-10(16)3-5-11)24(22,23)12-6-7-13(17)14(18)8-12/h2-9H,1H3. The summed E-state index contributed by atoms with van der Waals surface area (Å²) in [6, 6.07) is 8.74. The van der Waals surface area contributed by atoms with Crippen LogP contribution >= 0.6 is 46.4 Å². The predicted octanol–water partition coefficient (Wildman–Crippen LogP) is 5.00. The molecule has 24 heavy (non-hydrogen) atoms. The molecular weight excluding hydrogens is 416 g/mol. The Balaban J connectivity index is 2.62. The quantitative estimate of drug-likeness (QED) is 0.632. The third-order valence-electron chi connectivity index (χ3n) is 3.21. The molecule has 0 bridgehead atoms. The molecule has 0 fully saturated rings. The van der Waals surface area contributed by atoms with Crippen LogP contribution in [0.1, 0.15) is 6.92 Å². The van der Waals surface area contributed by atoms with E-state index in [4.69, 9.17) is 46.4 Å². The third-order valence-corrected chi connectivity index (χ3v) is 6.41. The molecule has 0 saturated heterocycles. The summed E-state index contributed by atoms with van der Waals surface area (Å²) in [6.45, 7) is 1.39. The van der Waals surface area contributed by atoms with E-state index < -0.39 is 21.3 Å². The van der Waals surface area contributed by atoms with E-state index >= 15 is 0 Å². The molecule has 2 aromatic carbocycles. The Morgan fingerprint density at radius 1 is 1.00 bits per heavy atom. The normalized spacial score (nSPS) is 12.7. The summed E-state index contributed by atoms with van der Waals surface area (Å²) in [7, 11) is -4.11. The van der Waals surface area contributed by atoms with Crippen molar-refractivity contribution in [2.45, 2.75) is 17.9 Å². The highest BCUT2D eigenvalue weighted by Gasteiger charge is 2.33. The third kappa shape index (κ3) is 3.98. The van der Waals surface area contributed by atoms with Gasteiger partial charge in [-0.05, 0) is 61.0 Å². The van der Waals surface area contributed by atoms with Crippen LogP contribution in [0.4, 0.5) is 5.69 Å². The maximum Gasteiger partial charge on any atom is 0.265 e. The predicted molar refractivity (Wildman–Crippen MR) is 97.9 cm³/mol. The zero-order valence-corrected chi connectivity index (χ0v) is 16.1. The van der Waals surface area contributed by atoms with Crippen LogP contribution in [-0.4, -0.2) is 19.7 Å². The molecule has 0 amide bonds. The van der Waals surface area contributed by atoms with Crippen LogP contribution in [0.2, 0.25) is 15.1 Å². The molecule has 0 N–H and O–H groups in total. The van der Waals surface area contributed by atoms with Crippen molar-refractivity contribution < 1.29 is 13.2 Å². The van der Waals surface area contributed by atoms with Crippen LogP contribution in [0, 0.1) is 0 Å². The number of halogens is 4. The molecule has 0 aliphatic heterocycles. The fourth-order valence-electron chi connectivity index (χ4n) is 2.00. The molecule has 4 nitrogen and oxygen atoms in total. The van der Waals surface area contributed by atoms with Gasteiger partial charge in [-0.3, -0.25) is 9.10 Å². The first-order chi connectivity index (χ1) is 11.1. The molecule has 0 aromatic heterocycles. The second-order valence-corrected chi connectivity index (χ2v) is 8.27. The summed E-state index contributed by atoms with van der Waals surface area (Å²) in [5, 5.41) is -0.0992. The molecule has 2 rings (SSSR count). The Labute approximate surface area is 159 Å². The van der Waals surface area contributed by atoms with E-state index in [1.54, 1.807) is 0 Å². The van der Waals surface area contributed by atoms with Crippen molar-refractivity contribution in [3.05, 3.63) is 57.5 Å². The molecular formula is C15H11Cl4NO3S. The molecule has 0 saturated carbocycles. The summed E-state index contributed by atoms with van der Waals surface area (Å²) >= 11 is 23.1. The molecule has 0 radical (unpaired) electrons. The average molecular weight is 427 g/mol. The van der Waals surface area contributed by atoms with E-state index in [0.717, 1.165) is 4.31 Å². The molecule has 0 spiro atoms. The molecule has 0 aliphatic carbocycles. The lowest BCUT2D eigenvalue weighted by Crippen LogP contribution is -2.42. The first-order valence-corrected chi connectivity index (χ1v) is 9.54. The highest BCUT2D eigenvalue weighted by Crippen LogP contribution is 2.31. The molecule has 0 aliphatic rings. The van der Waals surface area contributed by atoms with Gasteiger partial charge in [0.2, 0.25) is 5.24 Å². The Bertz CT molecular complexity index is 869. The van der Waals surface area contributed by atoms with Crippen LogP contribution in [0.3, 0.4) is 0 Å². The minimum absolute atomic E-state index is 0.0821. The van der Waals surface area contributed by atoms with Crippen LogP contribution in [0.5, 0.6) is 0 Å². The highest BCUT2D eigenvalue weighted by molar-refractivity contribution is 7.93. The van der Waals surface area contributed by atoms with Crippen molar-refractivity contribution in [1.29, 1.82) is 0 Å². The van der Waals surface area contributed by atoms with E-state index in [9.17, 15) is 13.2 Å². The molecule has 1 unspecified atom stereocenters. The highest BCUT2D eigenvalue weighted by atomic mass is 35.5. The van der Waals surface area contributed by atoms with Gasteiger partial charge < -0.3 is 0 Å². The summed E-state index contributed by atoms with van der Waals surface area (Å²) < 4.78 is 26.9. The van der Waals surface area contributed by atoms with Crippen LogP contribution < -0.4 is 4.31 Å². The van der Waals surface area contributed by atoms with Gasteiger partial charge in [0, 0.05) is 5.02 Å². The largest absolute Gasteiger partial charge is 0.279 e. The lowest BCUT2D eigenvalue weighted by molar-refractivity contribution is -0.112. The number of anilines is 1. The minimum Gasteiger partial charge on any atom is -0.279 e. The summed E-state index contributed by atoms with van der Waals surface area (Å²) in [6.07, 6.45) is 0. The molecule has 128 valence electrons. The number of hydrogen-bond acceptors (Lipinski definition) is 3.